The van der Waals surface area contributed by atoms with Crippen LogP contribution in [-0.4, -0.2) is 38.2 Å². The molecular weight excluding hydrogens is 318 g/mol. The number of esters is 1. The third-order valence-electron chi connectivity index (χ3n) is 4.25. The van der Waals surface area contributed by atoms with Gasteiger partial charge in [-0.2, -0.15) is 0 Å². The summed E-state index contributed by atoms with van der Waals surface area (Å²) in [5.41, 5.74) is 3.63. The normalized spacial score (nSPS) is 18.4. The summed E-state index contributed by atoms with van der Waals surface area (Å²) in [6.07, 6.45) is 0.641. The third-order valence-corrected chi connectivity index (χ3v) is 4.25. The van der Waals surface area contributed by atoms with E-state index in [1.165, 1.54) is 16.0 Å². The topological polar surface area (TPSA) is 71.9 Å². The summed E-state index contributed by atoms with van der Waals surface area (Å²) in [6, 6.07) is 7.81. The average Bonchev–Trinajstić information content (AvgIpc) is 2.56. The molecule has 2 atom stereocenters. The molecule has 3 N–H and O–H groups in total. The zero-order chi connectivity index (χ0) is 18.4. The molecule has 0 radical (unpaired) electrons. The lowest BCUT2D eigenvalue weighted by Crippen LogP contribution is -3.08. The lowest BCUT2D eigenvalue weighted by atomic mass is 10.00. The van der Waals surface area contributed by atoms with Crippen molar-refractivity contribution in [1.82, 2.24) is 10.6 Å². The van der Waals surface area contributed by atoms with Gasteiger partial charge >= 0.3 is 12.0 Å². The minimum atomic E-state index is -0.361. The highest BCUT2D eigenvalue weighted by molar-refractivity contribution is 5.94. The van der Waals surface area contributed by atoms with E-state index in [9.17, 15) is 9.59 Å². The van der Waals surface area contributed by atoms with Crippen molar-refractivity contribution in [3.05, 3.63) is 46.7 Å². The number of carbonyl (C=O) groups excluding carboxylic acids is 2. The molecule has 0 saturated heterocycles. The Kier molecular flexibility index (Phi) is 6.58. The highest BCUT2D eigenvalue weighted by Gasteiger charge is 2.32. The zero-order valence-electron chi connectivity index (χ0n) is 15.4. The van der Waals surface area contributed by atoms with Gasteiger partial charge in [0, 0.05) is 5.56 Å². The van der Waals surface area contributed by atoms with Gasteiger partial charge in [0.25, 0.3) is 0 Å². The van der Waals surface area contributed by atoms with Gasteiger partial charge in [-0.25, -0.2) is 9.59 Å². The van der Waals surface area contributed by atoms with Crippen molar-refractivity contribution in [1.29, 1.82) is 0 Å². The maximum absolute atomic E-state index is 12.4. The fourth-order valence-corrected chi connectivity index (χ4v) is 3.02. The molecule has 1 unspecified atom stereocenters. The highest BCUT2D eigenvalue weighted by Crippen LogP contribution is 2.16. The van der Waals surface area contributed by atoms with E-state index in [2.05, 4.69) is 41.8 Å². The van der Waals surface area contributed by atoms with Gasteiger partial charge in [-0.1, -0.05) is 36.8 Å². The van der Waals surface area contributed by atoms with Gasteiger partial charge in [0.15, 0.2) is 0 Å². The Morgan fingerprint density at radius 1 is 1.20 bits per heavy atom. The molecule has 1 aromatic rings. The van der Waals surface area contributed by atoms with Crippen LogP contribution in [0.25, 0.3) is 0 Å². The van der Waals surface area contributed by atoms with Crippen molar-refractivity contribution in [3.8, 4) is 0 Å². The number of likely N-dealkylation sites (N-methyl/N-ethyl adjacent to an activating group) is 1. The van der Waals surface area contributed by atoms with Crippen LogP contribution in [0.1, 0.15) is 31.4 Å². The van der Waals surface area contributed by atoms with Crippen molar-refractivity contribution in [2.24, 2.45) is 0 Å². The minimum absolute atomic E-state index is 0.266. The molecule has 136 valence electrons. The van der Waals surface area contributed by atoms with E-state index in [-0.39, 0.29) is 18.0 Å². The van der Waals surface area contributed by atoms with Crippen LogP contribution in [0.15, 0.2) is 35.5 Å². The summed E-state index contributed by atoms with van der Waals surface area (Å²) in [6.45, 7) is 7.45. The molecule has 1 aliphatic rings. The number of nitrogens with one attached hydrogen (secondary N) is 3. The molecule has 1 heterocycles. The second-order valence-electron chi connectivity index (χ2n) is 6.47. The first kappa shape index (κ1) is 19.0. The molecule has 1 aromatic carbocycles. The summed E-state index contributed by atoms with van der Waals surface area (Å²) in [4.78, 5) is 25.5. The quantitative estimate of drug-likeness (QED) is 0.643. The van der Waals surface area contributed by atoms with Crippen LogP contribution in [0.5, 0.6) is 0 Å². The molecule has 0 aliphatic carbocycles. The van der Waals surface area contributed by atoms with Crippen molar-refractivity contribution in [3.63, 3.8) is 0 Å². The number of quaternary nitrogens is 1. The van der Waals surface area contributed by atoms with Crippen LogP contribution in [0.3, 0.4) is 0 Å². The summed E-state index contributed by atoms with van der Waals surface area (Å²) in [7, 11) is 2.05. The average molecular weight is 346 g/mol. The van der Waals surface area contributed by atoms with Crippen molar-refractivity contribution in [2.75, 3.05) is 20.2 Å². The zero-order valence-corrected chi connectivity index (χ0v) is 15.4. The number of carbonyl (C=O) groups is 2. The highest BCUT2D eigenvalue weighted by atomic mass is 16.5. The van der Waals surface area contributed by atoms with Gasteiger partial charge in [0.1, 0.15) is 13.1 Å². The first-order chi connectivity index (χ1) is 11.9. The van der Waals surface area contributed by atoms with E-state index in [1.54, 1.807) is 6.92 Å². The molecule has 6 heteroatoms. The Hall–Kier alpha value is -2.34. The van der Waals surface area contributed by atoms with Crippen LogP contribution in [0.4, 0.5) is 4.79 Å². The Labute approximate surface area is 149 Å². The Bertz CT molecular complexity index is 652. The standard InChI is InChI=1S/C19H27N3O3/c1-5-15-17(18(23)25-6-2)16(21-19(24)20-15)12-22(4)11-14-9-7-13(3)8-10-14/h7-10,15H,5-6,11-12H2,1-4H3,(H2,20,21,24)/p+1/t15-/m0/s1. The smallest absolute Gasteiger partial charge is 0.338 e. The number of rotatable bonds is 7. The number of benzene rings is 1. The Balaban J connectivity index is 2.19. The van der Waals surface area contributed by atoms with Crippen molar-refractivity contribution in [2.45, 2.75) is 39.8 Å². The van der Waals surface area contributed by atoms with Crippen LogP contribution in [0.2, 0.25) is 0 Å². The van der Waals surface area contributed by atoms with Gasteiger partial charge in [-0.3, -0.25) is 0 Å². The molecule has 25 heavy (non-hydrogen) atoms. The summed E-state index contributed by atoms with van der Waals surface area (Å²) in [5.74, 6) is -0.361. The molecule has 1 aliphatic heterocycles. The maximum Gasteiger partial charge on any atom is 0.338 e. The monoisotopic (exact) mass is 346 g/mol. The Morgan fingerprint density at radius 2 is 1.88 bits per heavy atom. The summed E-state index contributed by atoms with van der Waals surface area (Å²) >= 11 is 0. The number of aryl methyl sites for hydroxylation is 1. The molecule has 6 nitrogen and oxygen atoms in total. The van der Waals surface area contributed by atoms with Gasteiger partial charge in [0.05, 0.1) is 31.0 Å². The van der Waals surface area contributed by atoms with E-state index in [0.717, 1.165) is 6.54 Å². The fourth-order valence-electron chi connectivity index (χ4n) is 3.02. The predicted molar refractivity (Wildman–Crippen MR) is 96.0 cm³/mol. The Morgan fingerprint density at radius 3 is 2.48 bits per heavy atom. The predicted octanol–water partition coefficient (Wildman–Crippen LogP) is 0.918. The van der Waals surface area contributed by atoms with E-state index in [1.807, 2.05) is 14.0 Å². The SMILES string of the molecule is CCOC(=O)C1=C(C[NH+](C)Cc2ccc(C)cc2)NC(=O)N[C@H]1CC. The molecule has 0 saturated carbocycles. The second kappa shape index (κ2) is 8.67. The van der Waals surface area contributed by atoms with Crippen molar-refractivity contribution >= 4 is 12.0 Å². The number of ether oxygens (including phenoxy) is 1. The lowest BCUT2D eigenvalue weighted by Gasteiger charge is -2.29. The minimum Gasteiger partial charge on any atom is -0.463 e. The number of urea groups is 1. The third kappa shape index (κ3) is 5.06. The number of hydrogen-bond acceptors (Lipinski definition) is 3. The maximum atomic E-state index is 12.4. The summed E-state index contributed by atoms with van der Waals surface area (Å²) < 4.78 is 5.19. The molecule has 2 amide bonds. The van der Waals surface area contributed by atoms with Gasteiger partial charge < -0.3 is 20.3 Å². The first-order valence-corrected chi connectivity index (χ1v) is 8.79. The van der Waals surface area contributed by atoms with E-state index < -0.39 is 0 Å². The first-order valence-electron chi connectivity index (χ1n) is 8.79. The molecule has 0 fully saturated rings. The van der Waals surface area contributed by atoms with Gasteiger partial charge in [-0.15, -0.1) is 0 Å². The summed E-state index contributed by atoms with van der Waals surface area (Å²) in [5, 5.41) is 5.60. The molecule has 0 bridgehead atoms. The molecule has 2 rings (SSSR count). The van der Waals surface area contributed by atoms with Crippen LogP contribution >= 0.6 is 0 Å². The largest absolute Gasteiger partial charge is 0.463 e. The number of amides is 2. The van der Waals surface area contributed by atoms with Crippen molar-refractivity contribution < 1.29 is 19.2 Å². The lowest BCUT2D eigenvalue weighted by molar-refractivity contribution is -0.889. The second-order valence-corrected chi connectivity index (χ2v) is 6.47. The number of hydrogen-bond donors (Lipinski definition) is 3. The fraction of sp³-hybridized carbons (Fsp3) is 0.474. The molecular formula is C19H28N3O3+. The van der Waals surface area contributed by atoms with Gasteiger partial charge in [0.2, 0.25) is 0 Å². The van der Waals surface area contributed by atoms with E-state index >= 15 is 0 Å². The van der Waals surface area contributed by atoms with E-state index in [4.69, 9.17) is 4.74 Å². The van der Waals surface area contributed by atoms with Crippen LogP contribution in [0, 0.1) is 6.92 Å². The van der Waals surface area contributed by atoms with Gasteiger partial charge in [-0.05, 0) is 20.3 Å². The van der Waals surface area contributed by atoms with Crippen LogP contribution in [-0.2, 0) is 16.1 Å². The molecule has 0 aromatic heterocycles. The van der Waals surface area contributed by atoms with Crippen LogP contribution < -0.4 is 15.5 Å². The van der Waals surface area contributed by atoms with E-state index in [0.29, 0.717) is 30.8 Å². The molecule has 0 spiro atoms.